The van der Waals surface area contributed by atoms with Crippen LogP contribution in [0.1, 0.15) is 18.4 Å². The third kappa shape index (κ3) is 2.20. The second kappa shape index (κ2) is 4.98. The quantitative estimate of drug-likeness (QED) is 0.854. The van der Waals surface area contributed by atoms with Crippen LogP contribution >= 0.6 is 0 Å². The Labute approximate surface area is 108 Å². The average molecular weight is 248 g/mol. The number of para-hydroxylation sites is 1. The minimum Gasteiger partial charge on any atom is -0.480 e. The summed E-state index contributed by atoms with van der Waals surface area (Å²) in [4.78, 5) is 13.6. The number of hydrogen-bond donors (Lipinski definition) is 2. The number of rotatable bonds is 3. The molecule has 18 heavy (non-hydrogen) atoms. The number of piperidine rings is 1. The first-order valence-electron chi connectivity index (χ1n) is 6.32. The summed E-state index contributed by atoms with van der Waals surface area (Å²) in [6, 6.07) is 8.24. The van der Waals surface area contributed by atoms with E-state index in [0.29, 0.717) is 12.8 Å². The third-order valence-corrected chi connectivity index (χ3v) is 3.96. The first-order chi connectivity index (χ1) is 8.59. The van der Waals surface area contributed by atoms with E-state index < -0.39 is 11.5 Å². The van der Waals surface area contributed by atoms with Crippen molar-refractivity contribution in [3.8, 4) is 0 Å². The highest BCUT2D eigenvalue weighted by Gasteiger charge is 2.40. The molecule has 0 bridgehead atoms. The average Bonchev–Trinajstić information content (AvgIpc) is 2.39. The first-order valence-corrected chi connectivity index (χ1v) is 6.32. The van der Waals surface area contributed by atoms with Gasteiger partial charge in [-0.25, -0.2) is 0 Å². The SMILES string of the molecule is CNC1(C(=O)O)CCN(c2ccccc2C)CC1. The number of nitrogens with zero attached hydrogens (tertiary/aromatic N) is 1. The van der Waals surface area contributed by atoms with Crippen molar-refractivity contribution in [3.05, 3.63) is 29.8 Å². The zero-order chi connectivity index (χ0) is 13.2. The van der Waals surface area contributed by atoms with Crippen molar-refractivity contribution in [1.29, 1.82) is 0 Å². The summed E-state index contributed by atoms with van der Waals surface area (Å²) in [5.41, 5.74) is 1.71. The zero-order valence-electron chi connectivity index (χ0n) is 10.9. The van der Waals surface area contributed by atoms with Crippen molar-refractivity contribution in [2.45, 2.75) is 25.3 Å². The van der Waals surface area contributed by atoms with Gasteiger partial charge in [0, 0.05) is 18.8 Å². The Kier molecular flexibility index (Phi) is 3.57. The van der Waals surface area contributed by atoms with Crippen molar-refractivity contribution in [2.24, 2.45) is 0 Å². The lowest BCUT2D eigenvalue weighted by Gasteiger charge is -2.40. The number of hydrogen-bond acceptors (Lipinski definition) is 3. The molecule has 1 saturated heterocycles. The second-order valence-corrected chi connectivity index (χ2v) is 4.91. The van der Waals surface area contributed by atoms with Gasteiger partial charge in [-0.05, 0) is 38.4 Å². The molecule has 0 amide bonds. The predicted molar refractivity (Wildman–Crippen MR) is 72.1 cm³/mol. The van der Waals surface area contributed by atoms with Crippen molar-refractivity contribution in [2.75, 3.05) is 25.0 Å². The van der Waals surface area contributed by atoms with E-state index >= 15 is 0 Å². The van der Waals surface area contributed by atoms with Gasteiger partial charge in [0.15, 0.2) is 0 Å². The van der Waals surface area contributed by atoms with Gasteiger partial charge >= 0.3 is 5.97 Å². The maximum atomic E-state index is 11.3. The normalized spacial score (nSPS) is 18.7. The Hall–Kier alpha value is -1.55. The molecule has 1 fully saturated rings. The maximum absolute atomic E-state index is 11.3. The van der Waals surface area contributed by atoms with E-state index in [2.05, 4.69) is 29.3 Å². The van der Waals surface area contributed by atoms with Crippen LogP contribution in [-0.2, 0) is 4.79 Å². The topological polar surface area (TPSA) is 52.6 Å². The van der Waals surface area contributed by atoms with E-state index in [1.807, 2.05) is 12.1 Å². The molecule has 4 nitrogen and oxygen atoms in total. The van der Waals surface area contributed by atoms with Gasteiger partial charge in [-0.15, -0.1) is 0 Å². The molecule has 4 heteroatoms. The van der Waals surface area contributed by atoms with Crippen molar-refractivity contribution < 1.29 is 9.90 Å². The Balaban J connectivity index is 2.11. The summed E-state index contributed by atoms with van der Waals surface area (Å²) >= 11 is 0. The molecule has 1 heterocycles. The Bertz CT molecular complexity index is 437. The Morgan fingerprint density at radius 2 is 1.94 bits per heavy atom. The number of benzene rings is 1. The molecular weight excluding hydrogens is 228 g/mol. The number of nitrogens with one attached hydrogen (secondary N) is 1. The molecule has 1 aliphatic heterocycles. The minimum absolute atomic E-state index is 0.632. The highest BCUT2D eigenvalue weighted by molar-refractivity contribution is 5.79. The van der Waals surface area contributed by atoms with E-state index in [9.17, 15) is 9.90 Å². The summed E-state index contributed by atoms with van der Waals surface area (Å²) in [7, 11) is 1.73. The lowest BCUT2D eigenvalue weighted by atomic mass is 9.87. The van der Waals surface area contributed by atoms with E-state index in [0.717, 1.165) is 13.1 Å². The van der Waals surface area contributed by atoms with Crippen LogP contribution in [0, 0.1) is 6.92 Å². The molecule has 0 saturated carbocycles. The molecule has 2 rings (SSSR count). The van der Waals surface area contributed by atoms with Crippen LogP contribution in [0.25, 0.3) is 0 Å². The van der Waals surface area contributed by atoms with Crippen LogP contribution < -0.4 is 10.2 Å². The smallest absolute Gasteiger partial charge is 0.324 e. The number of carbonyl (C=O) groups is 1. The lowest BCUT2D eigenvalue weighted by molar-refractivity contribution is -0.145. The van der Waals surface area contributed by atoms with Gasteiger partial charge in [-0.1, -0.05) is 18.2 Å². The number of aliphatic carboxylic acids is 1. The number of carboxylic acid groups (broad SMARTS) is 1. The van der Waals surface area contributed by atoms with Crippen molar-refractivity contribution in [3.63, 3.8) is 0 Å². The molecule has 1 aliphatic rings. The van der Waals surface area contributed by atoms with Crippen LogP contribution in [0.15, 0.2) is 24.3 Å². The molecule has 0 radical (unpaired) electrons. The van der Waals surface area contributed by atoms with Gasteiger partial charge in [-0.2, -0.15) is 0 Å². The molecule has 98 valence electrons. The fourth-order valence-corrected chi connectivity index (χ4v) is 2.62. The Morgan fingerprint density at radius 3 is 2.44 bits per heavy atom. The van der Waals surface area contributed by atoms with Crippen molar-refractivity contribution in [1.82, 2.24) is 5.32 Å². The molecule has 1 aromatic rings. The summed E-state index contributed by atoms with van der Waals surface area (Å²) < 4.78 is 0. The van der Waals surface area contributed by atoms with Crippen LogP contribution in [0.3, 0.4) is 0 Å². The highest BCUT2D eigenvalue weighted by Crippen LogP contribution is 2.28. The van der Waals surface area contributed by atoms with E-state index in [1.54, 1.807) is 7.05 Å². The molecule has 0 atom stereocenters. The number of likely N-dealkylation sites (N-methyl/N-ethyl adjacent to an activating group) is 1. The monoisotopic (exact) mass is 248 g/mol. The Morgan fingerprint density at radius 1 is 1.33 bits per heavy atom. The van der Waals surface area contributed by atoms with Gasteiger partial charge in [0.25, 0.3) is 0 Å². The molecule has 2 N–H and O–H groups in total. The highest BCUT2D eigenvalue weighted by atomic mass is 16.4. The van der Waals surface area contributed by atoms with Gasteiger partial charge in [-0.3, -0.25) is 4.79 Å². The van der Waals surface area contributed by atoms with Crippen LogP contribution in [0.5, 0.6) is 0 Å². The summed E-state index contributed by atoms with van der Waals surface area (Å²) in [6.45, 7) is 3.64. The standard InChI is InChI=1S/C14H20N2O2/c1-11-5-3-4-6-12(11)16-9-7-14(15-2,8-10-16)13(17)18/h3-6,15H,7-10H2,1-2H3,(H,17,18). The fourth-order valence-electron chi connectivity index (χ4n) is 2.62. The van der Waals surface area contributed by atoms with E-state index in [-0.39, 0.29) is 0 Å². The molecule has 0 spiro atoms. The minimum atomic E-state index is -0.751. The molecule has 0 unspecified atom stereocenters. The molecule has 0 aliphatic carbocycles. The van der Waals surface area contributed by atoms with E-state index in [4.69, 9.17) is 0 Å². The second-order valence-electron chi connectivity index (χ2n) is 4.91. The third-order valence-electron chi connectivity index (χ3n) is 3.96. The van der Waals surface area contributed by atoms with Gasteiger partial charge in [0.2, 0.25) is 0 Å². The van der Waals surface area contributed by atoms with Crippen LogP contribution in [-0.4, -0.2) is 36.8 Å². The number of carboxylic acids is 1. The van der Waals surface area contributed by atoms with Crippen molar-refractivity contribution >= 4 is 11.7 Å². The number of aryl methyl sites for hydroxylation is 1. The predicted octanol–water partition coefficient (Wildman–Crippen LogP) is 1.64. The zero-order valence-corrected chi connectivity index (χ0v) is 10.9. The van der Waals surface area contributed by atoms with Gasteiger partial charge in [0.1, 0.15) is 5.54 Å². The number of anilines is 1. The lowest BCUT2D eigenvalue weighted by Crippen LogP contribution is -2.57. The van der Waals surface area contributed by atoms with Gasteiger partial charge in [0.05, 0.1) is 0 Å². The van der Waals surface area contributed by atoms with E-state index in [1.165, 1.54) is 11.3 Å². The molecule has 0 aromatic heterocycles. The molecule has 1 aromatic carbocycles. The summed E-state index contributed by atoms with van der Waals surface area (Å²) in [6.07, 6.45) is 1.26. The molecular formula is C14H20N2O2. The van der Waals surface area contributed by atoms with Gasteiger partial charge < -0.3 is 15.3 Å². The fraction of sp³-hybridized carbons (Fsp3) is 0.500. The summed E-state index contributed by atoms with van der Waals surface area (Å²) in [5.74, 6) is -0.741. The largest absolute Gasteiger partial charge is 0.480 e. The maximum Gasteiger partial charge on any atom is 0.324 e. The summed E-state index contributed by atoms with van der Waals surface area (Å²) in [5, 5.41) is 12.3. The van der Waals surface area contributed by atoms with Crippen LogP contribution in [0.4, 0.5) is 5.69 Å². The first kappa shape index (κ1) is 12.9. The van der Waals surface area contributed by atoms with Crippen LogP contribution in [0.2, 0.25) is 0 Å².